The maximum atomic E-state index is 12.4. The number of halogens is 3. The Hall–Kier alpha value is -0.480. The van der Waals surface area contributed by atoms with E-state index >= 15 is 0 Å². The molecule has 3 nitrogen and oxygen atoms in total. The summed E-state index contributed by atoms with van der Waals surface area (Å²) in [7, 11) is 0. The largest absolute Gasteiger partial charge is 0.342 e. The smallest absolute Gasteiger partial charge is 0.227 e. The molecular weight excluding hydrogens is 331 g/mol. The van der Waals surface area contributed by atoms with Crippen molar-refractivity contribution in [3.63, 3.8) is 0 Å². The monoisotopic (exact) mass is 350 g/mol. The number of carbonyl (C=O) groups excluding carboxylic acids is 1. The summed E-state index contributed by atoms with van der Waals surface area (Å²) in [5.74, 6) is 0.458. The van der Waals surface area contributed by atoms with E-state index in [9.17, 15) is 4.79 Å². The Bertz CT molecular complexity index is 474. The molecule has 0 aliphatic carbocycles. The zero-order chi connectivity index (χ0) is 14.7. The Labute approximate surface area is 142 Å². The second-order valence-electron chi connectivity index (χ2n) is 5.48. The first-order valence-corrected chi connectivity index (χ1v) is 7.71. The van der Waals surface area contributed by atoms with Crippen LogP contribution in [0.1, 0.15) is 25.3 Å². The third-order valence-corrected chi connectivity index (χ3v) is 4.65. The molecule has 1 aromatic rings. The first-order chi connectivity index (χ1) is 9.49. The molecule has 2 N–H and O–H groups in total. The van der Waals surface area contributed by atoms with Crippen molar-refractivity contribution >= 4 is 41.5 Å². The van der Waals surface area contributed by atoms with Gasteiger partial charge in [0.05, 0.1) is 6.42 Å². The lowest BCUT2D eigenvalue weighted by Crippen LogP contribution is -2.45. The number of hydrogen-bond donors (Lipinski definition) is 1. The Kier molecular flexibility index (Phi) is 7.28. The van der Waals surface area contributed by atoms with Gasteiger partial charge in [0.1, 0.15) is 0 Å². The molecule has 2 atom stereocenters. The van der Waals surface area contributed by atoms with Gasteiger partial charge >= 0.3 is 0 Å². The third-order valence-electron chi connectivity index (χ3n) is 3.94. The number of carbonyl (C=O) groups is 1. The molecule has 0 saturated carbocycles. The highest BCUT2D eigenvalue weighted by Gasteiger charge is 2.26. The van der Waals surface area contributed by atoms with Gasteiger partial charge in [-0.1, -0.05) is 29.3 Å². The predicted octanol–water partition coefficient (Wildman–Crippen LogP) is 3.54. The van der Waals surface area contributed by atoms with Crippen molar-refractivity contribution in [1.29, 1.82) is 0 Å². The van der Waals surface area contributed by atoms with Gasteiger partial charge in [0, 0.05) is 29.2 Å². The molecule has 1 aromatic carbocycles. The highest BCUT2D eigenvalue weighted by Crippen LogP contribution is 2.26. The van der Waals surface area contributed by atoms with Crippen molar-refractivity contribution in [3.05, 3.63) is 33.8 Å². The number of amides is 1. The highest BCUT2D eigenvalue weighted by molar-refractivity contribution is 6.36. The number of piperidine rings is 1. The fourth-order valence-electron chi connectivity index (χ4n) is 2.63. The normalized spacial score (nSPS) is 19.8. The van der Waals surface area contributed by atoms with Gasteiger partial charge in [-0.05, 0) is 43.4 Å². The van der Waals surface area contributed by atoms with Crippen LogP contribution in [0.2, 0.25) is 10.0 Å². The zero-order valence-electron chi connectivity index (χ0n) is 12.0. The van der Waals surface area contributed by atoms with Crippen LogP contribution in [0.5, 0.6) is 0 Å². The Morgan fingerprint density at radius 3 is 2.62 bits per heavy atom. The van der Waals surface area contributed by atoms with Gasteiger partial charge in [-0.3, -0.25) is 4.79 Å². The average Bonchev–Trinajstić information content (AvgIpc) is 2.43. The summed E-state index contributed by atoms with van der Waals surface area (Å²) in [6, 6.07) is 5.43. The average molecular weight is 352 g/mol. The topological polar surface area (TPSA) is 46.3 Å². The molecule has 1 heterocycles. The van der Waals surface area contributed by atoms with E-state index in [0.717, 1.165) is 25.9 Å². The van der Waals surface area contributed by atoms with Crippen LogP contribution in [-0.2, 0) is 11.2 Å². The maximum absolute atomic E-state index is 12.4. The minimum absolute atomic E-state index is 0. The molecule has 1 fully saturated rings. The first-order valence-electron chi connectivity index (χ1n) is 6.95. The fraction of sp³-hybridized carbons (Fsp3) is 0.533. The van der Waals surface area contributed by atoms with E-state index in [1.165, 1.54) is 0 Å². The van der Waals surface area contributed by atoms with E-state index in [4.69, 9.17) is 28.9 Å². The van der Waals surface area contributed by atoms with Crippen LogP contribution >= 0.6 is 35.6 Å². The SMILES string of the molecule is CC(N)C1CCCN(C(=O)Cc2c(Cl)cccc2Cl)C1.Cl. The van der Waals surface area contributed by atoms with Crippen LogP contribution in [0.25, 0.3) is 0 Å². The first kappa shape index (κ1) is 18.6. The molecule has 0 radical (unpaired) electrons. The standard InChI is InChI=1S/C15H20Cl2N2O.ClH/c1-10(18)11-4-3-7-19(9-11)15(20)8-12-13(16)5-2-6-14(12)17;/h2,5-6,10-11H,3-4,7-9,18H2,1H3;1H. The molecule has 2 unspecified atom stereocenters. The van der Waals surface area contributed by atoms with Crippen molar-refractivity contribution in [2.24, 2.45) is 11.7 Å². The lowest BCUT2D eigenvalue weighted by atomic mass is 9.92. The van der Waals surface area contributed by atoms with Crippen molar-refractivity contribution in [2.75, 3.05) is 13.1 Å². The summed E-state index contributed by atoms with van der Waals surface area (Å²) >= 11 is 12.2. The van der Waals surface area contributed by atoms with Gasteiger partial charge in [-0.15, -0.1) is 12.4 Å². The molecule has 0 spiro atoms. The van der Waals surface area contributed by atoms with Crippen LogP contribution in [0.4, 0.5) is 0 Å². The summed E-state index contributed by atoms with van der Waals surface area (Å²) in [5.41, 5.74) is 6.66. The second kappa shape index (κ2) is 8.23. The number of benzene rings is 1. The van der Waals surface area contributed by atoms with Crippen LogP contribution in [0.3, 0.4) is 0 Å². The number of nitrogens with two attached hydrogens (primary N) is 1. The molecule has 21 heavy (non-hydrogen) atoms. The lowest BCUT2D eigenvalue weighted by molar-refractivity contribution is -0.132. The quantitative estimate of drug-likeness (QED) is 0.905. The predicted molar refractivity (Wildman–Crippen MR) is 90.4 cm³/mol. The van der Waals surface area contributed by atoms with Gasteiger partial charge < -0.3 is 10.6 Å². The molecule has 0 aromatic heterocycles. The molecule has 0 bridgehead atoms. The van der Waals surface area contributed by atoms with Gasteiger partial charge in [0.15, 0.2) is 0 Å². The van der Waals surface area contributed by atoms with Crippen molar-refractivity contribution in [3.8, 4) is 0 Å². The van der Waals surface area contributed by atoms with Gasteiger partial charge in [0.2, 0.25) is 5.91 Å². The van der Waals surface area contributed by atoms with E-state index < -0.39 is 0 Å². The molecule has 6 heteroatoms. The van der Waals surface area contributed by atoms with Crippen molar-refractivity contribution < 1.29 is 4.79 Å². The number of likely N-dealkylation sites (tertiary alicyclic amines) is 1. The summed E-state index contributed by atoms with van der Waals surface area (Å²) < 4.78 is 0. The van der Waals surface area contributed by atoms with Crippen LogP contribution in [0, 0.1) is 5.92 Å². The van der Waals surface area contributed by atoms with Crippen LogP contribution in [-0.4, -0.2) is 29.9 Å². The van der Waals surface area contributed by atoms with E-state index in [1.54, 1.807) is 18.2 Å². The van der Waals surface area contributed by atoms with E-state index in [0.29, 0.717) is 21.5 Å². The number of nitrogens with zero attached hydrogens (tertiary/aromatic N) is 1. The van der Waals surface area contributed by atoms with E-state index in [-0.39, 0.29) is 30.8 Å². The fourth-order valence-corrected chi connectivity index (χ4v) is 3.16. The van der Waals surface area contributed by atoms with Crippen LogP contribution in [0.15, 0.2) is 18.2 Å². The van der Waals surface area contributed by atoms with E-state index in [2.05, 4.69) is 0 Å². The van der Waals surface area contributed by atoms with Gasteiger partial charge in [-0.25, -0.2) is 0 Å². The molecule has 1 aliphatic rings. The molecular formula is C15H21Cl3N2O. The number of rotatable bonds is 3. The minimum atomic E-state index is 0. The molecule has 118 valence electrons. The minimum Gasteiger partial charge on any atom is -0.342 e. The van der Waals surface area contributed by atoms with Gasteiger partial charge in [0.25, 0.3) is 0 Å². The third kappa shape index (κ3) is 4.75. The van der Waals surface area contributed by atoms with E-state index in [1.807, 2.05) is 11.8 Å². The molecule has 1 amide bonds. The zero-order valence-corrected chi connectivity index (χ0v) is 14.3. The summed E-state index contributed by atoms with van der Waals surface area (Å²) in [4.78, 5) is 14.3. The Morgan fingerprint density at radius 1 is 1.43 bits per heavy atom. The molecule has 1 saturated heterocycles. The summed E-state index contributed by atoms with van der Waals surface area (Å²) in [6.07, 6.45) is 2.35. The summed E-state index contributed by atoms with van der Waals surface area (Å²) in [5, 5.41) is 1.10. The van der Waals surface area contributed by atoms with Crippen molar-refractivity contribution in [2.45, 2.75) is 32.2 Å². The van der Waals surface area contributed by atoms with Crippen LogP contribution < -0.4 is 5.73 Å². The Morgan fingerprint density at radius 2 is 2.05 bits per heavy atom. The van der Waals surface area contributed by atoms with Crippen molar-refractivity contribution in [1.82, 2.24) is 4.90 Å². The molecule has 2 rings (SSSR count). The maximum Gasteiger partial charge on any atom is 0.227 e. The molecule has 1 aliphatic heterocycles. The second-order valence-corrected chi connectivity index (χ2v) is 6.29. The number of hydrogen-bond acceptors (Lipinski definition) is 2. The lowest BCUT2D eigenvalue weighted by Gasteiger charge is -2.34. The van der Waals surface area contributed by atoms with Gasteiger partial charge in [-0.2, -0.15) is 0 Å². The highest BCUT2D eigenvalue weighted by atomic mass is 35.5. The summed E-state index contributed by atoms with van der Waals surface area (Å²) in [6.45, 7) is 3.53. The Balaban J connectivity index is 0.00000220.